The van der Waals surface area contributed by atoms with Gasteiger partial charge in [-0.15, -0.1) is 0 Å². The molecule has 112 valence electrons. The molecule has 0 amide bonds. The summed E-state index contributed by atoms with van der Waals surface area (Å²) in [6.45, 7) is 2.40. The van der Waals surface area contributed by atoms with Gasteiger partial charge < -0.3 is 5.11 Å². The number of aliphatic hydroxyl groups is 1. The normalized spacial score (nSPS) is 35.5. The molecule has 0 aromatic heterocycles. The first-order valence-electron chi connectivity index (χ1n) is 8.01. The van der Waals surface area contributed by atoms with Crippen LogP contribution in [0.15, 0.2) is 24.3 Å². The second-order valence-electron chi connectivity index (χ2n) is 7.06. The van der Waals surface area contributed by atoms with E-state index in [1.54, 1.807) is 0 Å². The fourth-order valence-electron chi connectivity index (χ4n) is 4.01. The van der Waals surface area contributed by atoms with Gasteiger partial charge in [0.2, 0.25) is 0 Å². The van der Waals surface area contributed by atoms with Crippen molar-refractivity contribution in [3.05, 3.63) is 34.9 Å². The summed E-state index contributed by atoms with van der Waals surface area (Å²) in [4.78, 5) is 0. The van der Waals surface area contributed by atoms with Crippen molar-refractivity contribution in [1.82, 2.24) is 0 Å². The van der Waals surface area contributed by atoms with Crippen LogP contribution in [-0.2, 0) is 0 Å². The van der Waals surface area contributed by atoms with E-state index in [2.05, 4.69) is 18.8 Å². The summed E-state index contributed by atoms with van der Waals surface area (Å²) in [6, 6.07) is 7.58. The van der Waals surface area contributed by atoms with E-state index in [1.807, 2.05) is 24.3 Å². The molecule has 1 aromatic carbocycles. The molecule has 3 atom stereocenters. The zero-order valence-electron chi connectivity index (χ0n) is 12.7. The van der Waals surface area contributed by atoms with Crippen molar-refractivity contribution in [1.29, 1.82) is 0 Å². The van der Waals surface area contributed by atoms with E-state index in [-0.39, 0.29) is 0 Å². The summed E-state index contributed by atoms with van der Waals surface area (Å²) in [7, 11) is 0. The Morgan fingerprint density at radius 2 is 2.00 bits per heavy atom. The first kappa shape index (κ1) is 14.9. The number of rotatable bonds is 0. The molecule has 21 heavy (non-hydrogen) atoms. The maximum absolute atomic E-state index is 10.9. The molecule has 3 rings (SSSR count). The molecule has 2 aliphatic rings. The van der Waals surface area contributed by atoms with Gasteiger partial charge in [-0.3, -0.25) is 0 Å². The molecule has 1 unspecified atom stereocenters. The minimum Gasteiger partial charge on any atom is -0.378 e. The summed E-state index contributed by atoms with van der Waals surface area (Å²) < 4.78 is 0. The number of hydrogen-bond acceptors (Lipinski definition) is 1. The minimum atomic E-state index is -0.833. The largest absolute Gasteiger partial charge is 0.378 e. The molecule has 0 aliphatic heterocycles. The fraction of sp³-hybridized carbons (Fsp3) is 0.579. The maximum atomic E-state index is 10.9. The van der Waals surface area contributed by atoms with Crippen LogP contribution in [0.4, 0.5) is 0 Å². The summed E-state index contributed by atoms with van der Waals surface area (Å²) in [5.74, 6) is 6.84. The number of halogens is 1. The average Bonchev–Trinajstić information content (AvgIpc) is 2.47. The Bertz CT molecular complexity index is 585. The fourth-order valence-corrected chi connectivity index (χ4v) is 4.19. The van der Waals surface area contributed by atoms with Gasteiger partial charge in [0.25, 0.3) is 0 Å². The molecule has 0 radical (unpaired) electrons. The van der Waals surface area contributed by atoms with E-state index >= 15 is 0 Å². The molecule has 2 saturated carbocycles. The molecule has 1 aromatic rings. The lowest BCUT2D eigenvalue weighted by atomic mass is 9.57. The molecule has 2 heteroatoms. The minimum absolute atomic E-state index is 0.427. The number of fused-ring (bicyclic) bond motifs is 1. The molecule has 1 nitrogen and oxygen atoms in total. The van der Waals surface area contributed by atoms with E-state index in [4.69, 9.17) is 11.6 Å². The predicted octanol–water partition coefficient (Wildman–Crippen LogP) is 4.80. The van der Waals surface area contributed by atoms with Crippen molar-refractivity contribution in [2.75, 3.05) is 0 Å². The van der Waals surface area contributed by atoms with Crippen LogP contribution in [0.25, 0.3) is 0 Å². The summed E-state index contributed by atoms with van der Waals surface area (Å²) in [6.07, 6.45) is 7.90. The maximum Gasteiger partial charge on any atom is 0.126 e. The molecular formula is C19H23ClO. The lowest BCUT2D eigenvalue weighted by Gasteiger charge is -2.49. The predicted molar refractivity (Wildman–Crippen MR) is 87.2 cm³/mol. The summed E-state index contributed by atoms with van der Waals surface area (Å²) in [5, 5.41) is 11.5. The van der Waals surface area contributed by atoms with Gasteiger partial charge in [0.15, 0.2) is 0 Å². The van der Waals surface area contributed by atoms with Gasteiger partial charge in [-0.2, -0.15) is 0 Å². The van der Waals surface area contributed by atoms with Crippen LogP contribution in [0.3, 0.4) is 0 Å². The second-order valence-corrected chi connectivity index (χ2v) is 7.47. The van der Waals surface area contributed by atoms with E-state index in [9.17, 15) is 5.11 Å². The topological polar surface area (TPSA) is 20.2 Å². The van der Waals surface area contributed by atoms with E-state index in [0.717, 1.165) is 24.8 Å². The Hall–Kier alpha value is -0.970. The Morgan fingerprint density at radius 1 is 1.19 bits per heavy atom. The Morgan fingerprint density at radius 3 is 2.81 bits per heavy atom. The zero-order valence-corrected chi connectivity index (χ0v) is 13.4. The lowest BCUT2D eigenvalue weighted by molar-refractivity contribution is -0.0443. The first-order chi connectivity index (χ1) is 10.0. The van der Waals surface area contributed by atoms with E-state index in [1.165, 1.54) is 25.7 Å². The standard InChI is InChI=1S/C19H23ClO/c1-18-10-5-4-7-16(18)14-19(21,13-12-18)11-9-15-6-2-3-8-17(15)20/h2-3,6,8,16,21H,4-5,7,10,12-14H2,1H3/t16?,18-,19-/m0/s1. The first-order valence-corrected chi connectivity index (χ1v) is 8.39. The Kier molecular flexibility index (Phi) is 4.04. The van der Waals surface area contributed by atoms with Crippen LogP contribution in [-0.4, -0.2) is 10.7 Å². The van der Waals surface area contributed by atoms with Gasteiger partial charge in [0, 0.05) is 5.56 Å². The highest BCUT2D eigenvalue weighted by Crippen LogP contribution is 2.52. The Balaban J connectivity index is 1.79. The molecule has 0 saturated heterocycles. The van der Waals surface area contributed by atoms with Gasteiger partial charge >= 0.3 is 0 Å². The van der Waals surface area contributed by atoms with Crippen LogP contribution in [0.2, 0.25) is 5.02 Å². The van der Waals surface area contributed by atoms with E-state index in [0.29, 0.717) is 16.4 Å². The third-order valence-corrected chi connectivity index (χ3v) is 5.86. The molecule has 2 fully saturated rings. The van der Waals surface area contributed by atoms with Gasteiger partial charge in [-0.1, -0.05) is 55.3 Å². The van der Waals surface area contributed by atoms with Crippen molar-refractivity contribution in [3.63, 3.8) is 0 Å². The van der Waals surface area contributed by atoms with Crippen LogP contribution >= 0.6 is 11.6 Å². The van der Waals surface area contributed by atoms with Gasteiger partial charge in [-0.25, -0.2) is 0 Å². The third kappa shape index (κ3) is 3.12. The molecule has 0 heterocycles. The molecular weight excluding hydrogens is 280 g/mol. The van der Waals surface area contributed by atoms with Crippen molar-refractivity contribution in [2.45, 2.75) is 57.5 Å². The van der Waals surface area contributed by atoms with Crippen LogP contribution in [0.1, 0.15) is 57.4 Å². The third-order valence-electron chi connectivity index (χ3n) is 5.53. The molecule has 0 bridgehead atoms. The highest BCUT2D eigenvalue weighted by molar-refractivity contribution is 6.31. The van der Waals surface area contributed by atoms with Crippen LogP contribution < -0.4 is 0 Å². The van der Waals surface area contributed by atoms with Crippen molar-refractivity contribution < 1.29 is 5.11 Å². The molecule has 2 aliphatic carbocycles. The monoisotopic (exact) mass is 302 g/mol. The molecule has 0 spiro atoms. The van der Waals surface area contributed by atoms with Crippen LogP contribution in [0, 0.1) is 23.2 Å². The van der Waals surface area contributed by atoms with Crippen molar-refractivity contribution >= 4 is 11.6 Å². The van der Waals surface area contributed by atoms with E-state index < -0.39 is 5.60 Å². The highest BCUT2D eigenvalue weighted by Gasteiger charge is 2.46. The van der Waals surface area contributed by atoms with Crippen molar-refractivity contribution in [3.8, 4) is 11.8 Å². The summed E-state index contributed by atoms with van der Waals surface area (Å²) in [5.41, 5.74) is 0.404. The summed E-state index contributed by atoms with van der Waals surface area (Å²) >= 11 is 6.14. The second kappa shape index (κ2) is 5.67. The van der Waals surface area contributed by atoms with Gasteiger partial charge in [0.05, 0.1) is 5.02 Å². The van der Waals surface area contributed by atoms with Gasteiger partial charge in [-0.05, 0) is 55.6 Å². The lowest BCUT2D eigenvalue weighted by Crippen LogP contribution is -2.44. The quantitative estimate of drug-likeness (QED) is 0.682. The number of benzene rings is 1. The molecule has 1 N–H and O–H groups in total. The zero-order chi connectivity index (χ0) is 14.9. The smallest absolute Gasteiger partial charge is 0.126 e. The Labute approximate surface area is 132 Å². The van der Waals surface area contributed by atoms with Crippen molar-refractivity contribution in [2.24, 2.45) is 11.3 Å². The SMILES string of the molecule is C[C@@]12CCCCC1C[C@](O)(C#Cc1ccccc1Cl)CC2. The van der Waals surface area contributed by atoms with Crippen LogP contribution in [0.5, 0.6) is 0 Å². The average molecular weight is 303 g/mol. The highest BCUT2D eigenvalue weighted by atomic mass is 35.5. The number of hydrogen-bond donors (Lipinski definition) is 1. The van der Waals surface area contributed by atoms with Gasteiger partial charge in [0.1, 0.15) is 5.60 Å².